The minimum Gasteiger partial charge on any atom is -0.480 e. The van der Waals surface area contributed by atoms with Crippen LogP contribution in [0.15, 0.2) is 0 Å². The Labute approximate surface area is 75.0 Å². The molecule has 0 heterocycles. The zero-order valence-electron chi connectivity index (χ0n) is 7.10. The molecule has 1 radical (unpaired) electrons. The molecule has 0 aromatic carbocycles. The molecule has 3 atom stereocenters. The quantitative estimate of drug-likeness (QED) is 0.483. The highest BCUT2D eigenvalue weighted by Gasteiger charge is 2.25. The maximum absolute atomic E-state index is 10.5. The number of carbonyl (C=O) groups excluding carboxylic acids is 1. The minimum absolute atomic E-state index is 0.462. The van der Waals surface area contributed by atoms with E-state index in [1.54, 1.807) is 0 Å². The van der Waals surface area contributed by atoms with Gasteiger partial charge < -0.3 is 15.3 Å². The molecule has 0 saturated carbocycles. The van der Waals surface area contributed by atoms with E-state index in [2.05, 4.69) is 0 Å². The first kappa shape index (κ1) is 12.0. The topological polar surface area (TPSA) is 119 Å². The lowest BCUT2D eigenvalue weighted by Crippen LogP contribution is -2.37. The third-order valence-corrected chi connectivity index (χ3v) is 1.56. The first-order valence-electron chi connectivity index (χ1n) is 3.66. The molecule has 0 saturated heterocycles. The van der Waals surface area contributed by atoms with Gasteiger partial charge in [-0.25, -0.2) is 5.73 Å². The number of carboxylic acids is 1. The lowest BCUT2D eigenvalue weighted by atomic mass is 10.0. The fraction of sp³-hybridized carbons (Fsp3) is 0.714. The number of aliphatic hydroxyl groups excluding tert-OH is 2. The van der Waals surface area contributed by atoms with E-state index in [0.717, 1.165) is 6.92 Å². The fourth-order valence-electron chi connectivity index (χ4n) is 0.742. The van der Waals surface area contributed by atoms with Gasteiger partial charge in [-0.05, 0) is 6.92 Å². The highest BCUT2D eigenvalue weighted by Crippen LogP contribution is 2.03. The third kappa shape index (κ3) is 3.97. The van der Waals surface area contributed by atoms with Gasteiger partial charge in [0.15, 0.2) is 5.78 Å². The molecular weight excluding hydrogens is 178 g/mol. The fourth-order valence-corrected chi connectivity index (χ4v) is 0.742. The van der Waals surface area contributed by atoms with Crippen molar-refractivity contribution in [3.63, 3.8) is 0 Å². The number of aliphatic hydroxyl groups is 2. The van der Waals surface area contributed by atoms with Crippen molar-refractivity contribution in [2.24, 2.45) is 0 Å². The summed E-state index contributed by atoms with van der Waals surface area (Å²) in [6.07, 6.45) is -3.56. The molecule has 6 heteroatoms. The summed E-state index contributed by atoms with van der Waals surface area (Å²) in [4.78, 5) is 20.7. The van der Waals surface area contributed by atoms with E-state index in [9.17, 15) is 9.59 Å². The van der Waals surface area contributed by atoms with Crippen LogP contribution in [0.5, 0.6) is 0 Å². The SMILES string of the molecule is CC(=O)C(O)C(O)CC([NH])C(=O)O. The monoisotopic (exact) mass is 190 g/mol. The van der Waals surface area contributed by atoms with Crippen molar-refractivity contribution >= 4 is 11.8 Å². The molecule has 0 aliphatic heterocycles. The Hall–Kier alpha value is -0.980. The molecule has 0 fully saturated rings. The summed E-state index contributed by atoms with van der Waals surface area (Å²) in [5.74, 6) is -2.04. The molecule has 0 rings (SSSR count). The van der Waals surface area contributed by atoms with Gasteiger partial charge in [-0.15, -0.1) is 0 Å². The number of hydrogen-bond acceptors (Lipinski definition) is 4. The highest BCUT2D eigenvalue weighted by atomic mass is 16.4. The molecule has 13 heavy (non-hydrogen) atoms. The Morgan fingerprint density at radius 1 is 1.38 bits per heavy atom. The van der Waals surface area contributed by atoms with Crippen LogP contribution in [-0.2, 0) is 9.59 Å². The first-order chi connectivity index (χ1) is 5.86. The molecule has 0 aromatic rings. The molecule has 6 nitrogen and oxygen atoms in total. The van der Waals surface area contributed by atoms with Crippen molar-refractivity contribution in [3.8, 4) is 0 Å². The molecule has 0 aliphatic rings. The van der Waals surface area contributed by atoms with E-state index in [-0.39, 0.29) is 0 Å². The zero-order chi connectivity index (χ0) is 10.6. The average molecular weight is 190 g/mol. The summed E-state index contributed by atoms with van der Waals surface area (Å²) in [6, 6.07) is -1.52. The molecule has 0 bridgehead atoms. The van der Waals surface area contributed by atoms with Gasteiger partial charge in [-0.2, -0.15) is 0 Å². The van der Waals surface area contributed by atoms with Crippen LogP contribution >= 0.6 is 0 Å². The number of Topliss-reactive ketones (excluding diaryl/α,β-unsaturated/α-hetero) is 1. The van der Waals surface area contributed by atoms with E-state index in [1.807, 2.05) is 0 Å². The number of rotatable bonds is 5. The maximum Gasteiger partial charge on any atom is 0.322 e. The standard InChI is InChI=1S/C7H12NO5/c1-3(9)6(11)5(10)2-4(8)7(12)13/h4-6,8,10-11H,2H2,1H3,(H,12,13). The van der Waals surface area contributed by atoms with Gasteiger partial charge in [-0.1, -0.05) is 0 Å². The molecular formula is C7H12NO5. The van der Waals surface area contributed by atoms with Crippen LogP contribution in [0, 0.1) is 0 Å². The number of aliphatic carboxylic acids is 1. The minimum atomic E-state index is -1.60. The Balaban J connectivity index is 4.06. The predicted molar refractivity (Wildman–Crippen MR) is 41.8 cm³/mol. The number of ketones is 1. The smallest absolute Gasteiger partial charge is 0.322 e. The van der Waals surface area contributed by atoms with Crippen LogP contribution in [0.4, 0.5) is 0 Å². The van der Waals surface area contributed by atoms with Gasteiger partial charge in [0.2, 0.25) is 0 Å². The number of hydrogen-bond donors (Lipinski definition) is 3. The van der Waals surface area contributed by atoms with Crippen LogP contribution in [0.2, 0.25) is 0 Å². The molecule has 4 N–H and O–H groups in total. The molecule has 75 valence electrons. The van der Waals surface area contributed by atoms with E-state index in [4.69, 9.17) is 21.1 Å². The van der Waals surface area contributed by atoms with E-state index < -0.39 is 36.4 Å². The number of carboxylic acid groups (broad SMARTS) is 1. The summed E-state index contributed by atoms with van der Waals surface area (Å²) >= 11 is 0. The number of carbonyl (C=O) groups is 2. The second-order valence-electron chi connectivity index (χ2n) is 2.75. The van der Waals surface area contributed by atoms with E-state index >= 15 is 0 Å². The Morgan fingerprint density at radius 2 is 1.85 bits per heavy atom. The van der Waals surface area contributed by atoms with Crippen molar-refractivity contribution in [2.75, 3.05) is 0 Å². The summed E-state index contributed by atoms with van der Waals surface area (Å²) in [7, 11) is 0. The second kappa shape index (κ2) is 4.90. The predicted octanol–water partition coefficient (Wildman–Crippen LogP) is -1.58. The van der Waals surface area contributed by atoms with E-state index in [0.29, 0.717) is 0 Å². The van der Waals surface area contributed by atoms with Crippen molar-refractivity contribution in [3.05, 3.63) is 0 Å². The van der Waals surface area contributed by atoms with Crippen LogP contribution < -0.4 is 5.73 Å². The van der Waals surface area contributed by atoms with Crippen LogP contribution in [0.25, 0.3) is 0 Å². The summed E-state index contributed by atoms with van der Waals surface area (Å²) in [6.45, 7) is 1.08. The zero-order valence-corrected chi connectivity index (χ0v) is 7.10. The van der Waals surface area contributed by atoms with Gasteiger partial charge in [0.25, 0.3) is 0 Å². The summed E-state index contributed by atoms with van der Waals surface area (Å²) < 4.78 is 0. The van der Waals surface area contributed by atoms with Crippen molar-refractivity contribution in [1.29, 1.82) is 0 Å². The van der Waals surface area contributed by atoms with E-state index in [1.165, 1.54) is 0 Å². The Kier molecular flexibility index (Phi) is 4.53. The highest BCUT2D eigenvalue weighted by molar-refractivity contribution is 5.81. The Bertz CT molecular complexity index is 205. The lowest BCUT2D eigenvalue weighted by Gasteiger charge is -2.16. The van der Waals surface area contributed by atoms with Gasteiger partial charge >= 0.3 is 5.97 Å². The van der Waals surface area contributed by atoms with Gasteiger partial charge in [0.05, 0.1) is 6.10 Å². The Morgan fingerprint density at radius 3 is 2.15 bits per heavy atom. The molecule has 0 aliphatic carbocycles. The van der Waals surface area contributed by atoms with Crippen LogP contribution in [-0.4, -0.2) is 45.3 Å². The lowest BCUT2D eigenvalue weighted by molar-refractivity contribution is -0.141. The molecule has 3 unspecified atom stereocenters. The molecule has 0 amide bonds. The van der Waals surface area contributed by atoms with Crippen LogP contribution in [0.1, 0.15) is 13.3 Å². The van der Waals surface area contributed by atoms with Crippen molar-refractivity contribution < 1.29 is 24.9 Å². The summed E-state index contributed by atoms with van der Waals surface area (Å²) in [5.41, 5.74) is 6.91. The average Bonchev–Trinajstić information content (AvgIpc) is 2.02. The maximum atomic E-state index is 10.5. The molecule has 0 spiro atoms. The second-order valence-corrected chi connectivity index (χ2v) is 2.75. The number of nitrogens with one attached hydrogen (secondary N) is 1. The largest absolute Gasteiger partial charge is 0.480 e. The van der Waals surface area contributed by atoms with Gasteiger partial charge in [-0.3, -0.25) is 9.59 Å². The normalized spacial score (nSPS) is 17.5. The third-order valence-electron chi connectivity index (χ3n) is 1.56. The summed E-state index contributed by atoms with van der Waals surface area (Å²) in [5, 5.41) is 26.3. The van der Waals surface area contributed by atoms with Crippen LogP contribution in [0.3, 0.4) is 0 Å². The van der Waals surface area contributed by atoms with Crippen molar-refractivity contribution in [1.82, 2.24) is 5.73 Å². The van der Waals surface area contributed by atoms with Gasteiger partial charge in [0.1, 0.15) is 12.1 Å². The van der Waals surface area contributed by atoms with Gasteiger partial charge in [0, 0.05) is 6.42 Å². The van der Waals surface area contributed by atoms with Crippen molar-refractivity contribution in [2.45, 2.75) is 31.6 Å². The molecule has 0 aromatic heterocycles. The first-order valence-corrected chi connectivity index (χ1v) is 3.66.